The number of hydrogen-bond donors (Lipinski definition) is 1. The predicted octanol–water partition coefficient (Wildman–Crippen LogP) is 2.39. The standard InChI is InChI=1S/C16H21N5O/c1-11-7-12(2)18-8-14(11)9-19-16(22)21(4)13(3)15-5-6-17-10-20-15/h5-8,10,13H,9H2,1-4H3,(H,19,22)/t13-/m0/s1. The second-order valence-electron chi connectivity index (χ2n) is 5.33. The predicted molar refractivity (Wildman–Crippen MR) is 84.2 cm³/mol. The number of aromatic nitrogens is 3. The van der Waals surface area contributed by atoms with Crippen molar-refractivity contribution in [1.29, 1.82) is 0 Å². The number of aryl methyl sites for hydroxylation is 2. The fraction of sp³-hybridized carbons (Fsp3) is 0.375. The summed E-state index contributed by atoms with van der Waals surface area (Å²) in [7, 11) is 1.75. The van der Waals surface area contributed by atoms with Crippen molar-refractivity contribution in [1.82, 2.24) is 25.2 Å². The molecule has 2 rings (SSSR count). The monoisotopic (exact) mass is 299 g/mol. The van der Waals surface area contributed by atoms with Crippen molar-refractivity contribution in [2.45, 2.75) is 33.4 Å². The molecule has 22 heavy (non-hydrogen) atoms. The minimum Gasteiger partial charge on any atom is -0.334 e. The zero-order chi connectivity index (χ0) is 16.1. The van der Waals surface area contributed by atoms with Crippen molar-refractivity contribution in [3.63, 3.8) is 0 Å². The van der Waals surface area contributed by atoms with Crippen LogP contribution in [0.5, 0.6) is 0 Å². The Balaban J connectivity index is 1.97. The van der Waals surface area contributed by atoms with Crippen LogP contribution in [-0.4, -0.2) is 32.9 Å². The van der Waals surface area contributed by atoms with Crippen LogP contribution in [0.1, 0.15) is 35.5 Å². The van der Waals surface area contributed by atoms with Gasteiger partial charge in [0.25, 0.3) is 0 Å². The molecule has 0 aliphatic heterocycles. The van der Waals surface area contributed by atoms with E-state index in [1.807, 2.05) is 32.9 Å². The molecule has 2 aromatic rings. The first kappa shape index (κ1) is 15.9. The highest BCUT2D eigenvalue weighted by atomic mass is 16.2. The second kappa shape index (κ2) is 6.98. The third-order valence-corrected chi connectivity index (χ3v) is 3.72. The Morgan fingerprint density at radius 2 is 2.14 bits per heavy atom. The Morgan fingerprint density at radius 3 is 2.77 bits per heavy atom. The van der Waals surface area contributed by atoms with E-state index in [4.69, 9.17) is 0 Å². The van der Waals surface area contributed by atoms with Gasteiger partial charge in [-0.25, -0.2) is 14.8 Å². The Bertz CT molecular complexity index is 644. The molecule has 0 bridgehead atoms. The highest BCUT2D eigenvalue weighted by molar-refractivity contribution is 5.74. The first-order valence-corrected chi connectivity index (χ1v) is 7.17. The van der Waals surface area contributed by atoms with Crippen molar-refractivity contribution < 1.29 is 4.79 Å². The fourth-order valence-electron chi connectivity index (χ4n) is 2.13. The molecule has 0 saturated heterocycles. The quantitative estimate of drug-likeness (QED) is 0.941. The summed E-state index contributed by atoms with van der Waals surface area (Å²) in [5, 5.41) is 2.91. The van der Waals surface area contributed by atoms with Gasteiger partial charge in [-0.15, -0.1) is 0 Å². The summed E-state index contributed by atoms with van der Waals surface area (Å²) in [5.41, 5.74) is 3.92. The lowest BCUT2D eigenvalue weighted by Crippen LogP contribution is -2.38. The molecule has 6 heteroatoms. The summed E-state index contributed by atoms with van der Waals surface area (Å²) in [6, 6.07) is 3.54. The van der Waals surface area contributed by atoms with E-state index in [0.717, 1.165) is 22.5 Å². The molecular formula is C16H21N5O. The van der Waals surface area contributed by atoms with Crippen molar-refractivity contribution in [3.8, 4) is 0 Å². The van der Waals surface area contributed by atoms with Crippen LogP contribution in [-0.2, 0) is 6.54 Å². The van der Waals surface area contributed by atoms with Gasteiger partial charge in [-0.05, 0) is 44.0 Å². The first-order chi connectivity index (χ1) is 10.5. The average Bonchev–Trinajstić information content (AvgIpc) is 2.53. The summed E-state index contributed by atoms with van der Waals surface area (Å²) in [6.07, 6.45) is 4.96. The minimum atomic E-state index is -0.147. The number of hydrogen-bond acceptors (Lipinski definition) is 4. The van der Waals surface area contributed by atoms with Gasteiger partial charge in [-0.2, -0.15) is 0 Å². The van der Waals surface area contributed by atoms with Crippen LogP contribution in [0.15, 0.2) is 30.9 Å². The summed E-state index contributed by atoms with van der Waals surface area (Å²) >= 11 is 0. The van der Waals surface area contributed by atoms with Crippen LogP contribution in [0.4, 0.5) is 4.79 Å². The van der Waals surface area contributed by atoms with E-state index in [9.17, 15) is 4.79 Å². The number of nitrogens with one attached hydrogen (secondary N) is 1. The van der Waals surface area contributed by atoms with Crippen molar-refractivity contribution >= 4 is 6.03 Å². The van der Waals surface area contributed by atoms with Crippen molar-refractivity contribution in [2.24, 2.45) is 0 Å². The molecule has 2 amide bonds. The van der Waals surface area contributed by atoms with E-state index in [0.29, 0.717) is 6.54 Å². The largest absolute Gasteiger partial charge is 0.334 e. The van der Waals surface area contributed by atoms with Crippen LogP contribution in [0.3, 0.4) is 0 Å². The zero-order valence-corrected chi connectivity index (χ0v) is 13.4. The molecule has 2 heterocycles. The van der Waals surface area contributed by atoms with Crippen LogP contribution < -0.4 is 5.32 Å². The third-order valence-electron chi connectivity index (χ3n) is 3.72. The van der Waals surface area contributed by atoms with Crippen LogP contribution >= 0.6 is 0 Å². The van der Waals surface area contributed by atoms with Gasteiger partial charge in [0.15, 0.2) is 0 Å². The lowest BCUT2D eigenvalue weighted by molar-refractivity contribution is 0.193. The molecule has 6 nitrogen and oxygen atoms in total. The van der Waals surface area contributed by atoms with Gasteiger partial charge in [-0.3, -0.25) is 4.98 Å². The number of urea groups is 1. The van der Waals surface area contributed by atoms with Crippen molar-refractivity contribution in [2.75, 3.05) is 7.05 Å². The average molecular weight is 299 g/mol. The molecule has 0 aliphatic carbocycles. The van der Waals surface area contributed by atoms with E-state index in [-0.39, 0.29) is 12.1 Å². The highest BCUT2D eigenvalue weighted by Crippen LogP contribution is 2.15. The molecule has 0 aromatic carbocycles. The Morgan fingerprint density at radius 1 is 1.36 bits per heavy atom. The molecule has 116 valence electrons. The van der Waals surface area contributed by atoms with Gasteiger partial charge in [0.1, 0.15) is 6.33 Å². The van der Waals surface area contributed by atoms with E-state index in [1.54, 1.807) is 24.3 Å². The Kier molecular flexibility index (Phi) is 5.04. The minimum absolute atomic E-state index is 0.125. The molecule has 0 aliphatic rings. The fourth-order valence-corrected chi connectivity index (χ4v) is 2.13. The van der Waals surface area contributed by atoms with Gasteiger partial charge in [0.2, 0.25) is 0 Å². The van der Waals surface area contributed by atoms with Crippen molar-refractivity contribution in [3.05, 3.63) is 53.4 Å². The molecule has 1 atom stereocenters. The maximum atomic E-state index is 12.3. The smallest absolute Gasteiger partial charge is 0.317 e. The number of pyridine rings is 1. The Labute approximate surface area is 130 Å². The first-order valence-electron chi connectivity index (χ1n) is 7.17. The molecule has 0 fully saturated rings. The summed E-state index contributed by atoms with van der Waals surface area (Å²) < 4.78 is 0. The van der Waals surface area contributed by atoms with E-state index in [2.05, 4.69) is 20.3 Å². The normalized spacial score (nSPS) is 11.8. The summed E-state index contributed by atoms with van der Waals surface area (Å²) in [6.45, 7) is 6.36. The van der Waals surface area contributed by atoms with Crippen LogP contribution in [0.25, 0.3) is 0 Å². The number of rotatable bonds is 4. The molecule has 1 N–H and O–H groups in total. The molecule has 2 aromatic heterocycles. The topological polar surface area (TPSA) is 71.0 Å². The lowest BCUT2D eigenvalue weighted by atomic mass is 10.1. The maximum Gasteiger partial charge on any atom is 0.317 e. The SMILES string of the molecule is Cc1cc(C)c(CNC(=O)N(C)[C@@H](C)c2ccncn2)cn1. The molecule has 0 saturated carbocycles. The third kappa shape index (κ3) is 3.78. The van der Waals surface area contributed by atoms with Crippen LogP contribution in [0, 0.1) is 13.8 Å². The maximum absolute atomic E-state index is 12.3. The van der Waals surface area contributed by atoms with Gasteiger partial charge < -0.3 is 10.2 Å². The second-order valence-corrected chi connectivity index (χ2v) is 5.33. The molecular weight excluding hydrogens is 278 g/mol. The van der Waals surface area contributed by atoms with Gasteiger partial charge in [0.05, 0.1) is 11.7 Å². The number of carbonyl (C=O) groups excluding carboxylic acids is 1. The number of nitrogens with zero attached hydrogens (tertiary/aromatic N) is 4. The van der Waals surface area contributed by atoms with Gasteiger partial charge in [0, 0.05) is 31.7 Å². The summed E-state index contributed by atoms with van der Waals surface area (Å²) in [4.78, 5) is 26.2. The van der Waals surface area contributed by atoms with Crippen LogP contribution in [0.2, 0.25) is 0 Å². The highest BCUT2D eigenvalue weighted by Gasteiger charge is 2.18. The number of amides is 2. The van der Waals surface area contributed by atoms with Gasteiger partial charge in [-0.1, -0.05) is 0 Å². The van der Waals surface area contributed by atoms with Gasteiger partial charge >= 0.3 is 6.03 Å². The van der Waals surface area contributed by atoms with E-state index >= 15 is 0 Å². The number of carbonyl (C=O) groups is 1. The van der Waals surface area contributed by atoms with E-state index in [1.165, 1.54) is 6.33 Å². The molecule has 0 unspecified atom stereocenters. The Hall–Kier alpha value is -2.50. The lowest BCUT2D eigenvalue weighted by Gasteiger charge is -2.24. The molecule has 0 radical (unpaired) electrons. The molecule has 0 spiro atoms. The summed E-state index contributed by atoms with van der Waals surface area (Å²) in [5.74, 6) is 0. The van der Waals surface area contributed by atoms with E-state index < -0.39 is 0 Å². The zero-order valence-electron chi connectivity index (χ0n) is 13.4.